The van der Waals surface area contributed by atoms with Crippen molar-refractivity contribution in [2.45, 2.75) is 45.7 Å². The number of rotatable bonds is 3. The maximum absolute atomic E-state index is 12.6. The highest BCUT2D eigenvalue weighted by Crippen LogP contribution is 2.30. The third-order valence-corrected chi connectivity index (χ3v) is 5.84. The van der Waals surface area contributed by atoms with Gasteiger partial charge in [-0.3, -0.25) is 9.69 Å². The monoisotopic (exact) mass is 431 g/mol. The third-order valence-electron chi connectivity index (χ3n) is 5.10. The van der Waals surface area contributed by atoms with E-state index in [-0.39, 0.29) is 11.0 Å². The van der Waals surface area contributed by atoms with Crippen LogP contribution in [-0.2, 0) is 24.9 Å². The Kier molecular flexibility index (Phi) is 5.32. The van der Waals surface area contributed by atoms with Gasteiger partial charge in [0.2, 0.25) is 0 Å². The zero-order valence-corrected chi connectivity index (χ0v) is 18.2. The smallest absolute Gasteiger partial charge is 0.255 e. The van der Waals surface area contributed by atoms with Gasteiger partial charge in [-0.05, 0) is 30.3 Å². The molecular formula is C22H23Cl2N3O2. The summed E-state index contributed by atoms with van der Waals surface area (Å²) in [4.78, 5) is 22.5. The summed E-state index contributed by atoms with van der Waals surface area (Å²) in [5.41, 5.74) is 2.32. The van der Waals surface area contributed by atoms with Gasteiger partial charge in [0.1, 0.15) is 17.3 Å². The standard InChI is InChI=1S/C22H23Cl2N3O2/c1-22(2,3)21-25-18-8-9-27(12-15(18)20(28)26-21)11-14-5-7-19(29-14)13-4-6-16(23)17(24)10-13/h4-7,10H,8-9,11-12H2,1-3H3,(H,25,26,28). The number of aromatic nitrogens is 2. The van der Waals surface area contributed by atoms with Gasteiger partial charge in [-0.15, -0.1) is 0 Å². The van der Waals surface area contributed by atoms with E-state index in [4.69, 9.17) is 32.6 Å². The number of H-pyrrole nitrogens is 1. The SMILES string of the molecule is CC(C)(C)c1nc2c(c(=O)[nH]1)CN(Cc1ccc(-c3ccc(Cl)c(Cl)c3)o1)CC2. The molecule has 5 nitrogen and oxygen atoms in total. The minimum atomic E-state index is -0.180. The molecule has 152 valence electrons. The fraction of sp³-hybridized carbons (Fsp3) is 0.364. The van der Waals surface area contributed by atoms with Crippen molar-refractivity contribution in [3.8, 4) is 11.3 Å². The molecule has 1 aliphatic heterocycles. The molecule has 0 saturated heterocycles. The molecule has 0 spiro atoms. The van der Waals surface area contributed by atoms with E-state index in [9.17, 15) is 4.79 Å². The predicted molar refractivity (Wildman–Crippen MR) is 116 cm³/mol. The molecule has 0 aliphatic carbocycles. The van der Waals surface area contributed by atoms with Gasteiger partial charge in [0.15, 0.2) is 0 Å². The maximum atomic E-state index is 12.6. The van der Waals surface area contributed by atoms with Crippen LogP contribution in [0, 0.1) is 0 Å². The second-order valence-electron chi connectivity index (χ2n) is 8.45. The minimum absolute atomic E-state index is 0.0411. The van der Waals surface area contributed by atoms with Crippen molar-refractivity contribution in [1.29, 1.82) is 0 Å². The molecule has 0 fully saturated rings. The Balaban J connectivity index is 1.51. The molecule has 0 bridgehead atoms. The average molecular weight is 432 g/mol. The number of aromatic amines is 1. The molecule has 1 N–H and O–H groups in total. The summed E-state index contributed by atoms with van der Waals surface area (Å²) in [6.45, 7) is 8.17. The van der Waals surface area contributed by atoms with Crippen molar-refractivity contribution in [2.24, 2.45) is 0 Å². The zero-order chi connectivity index (χ0) is 20.8. The van der Waals surface area contributed by atoms with Gasteiger partial charge < -0.3 is 9.40 Å². The second kappa shape index (κ2) is 7.63. The van der Waals surface area contributed by atoms with Gasteiger partial charge in [0.25, 0.3) is 5.56 Å². The van der Waals surface area contributed by atoms with E-state index in [1.807, 2.05) is 18.2 Å². The minimum Gasteiger partial charge on any atom is -0.460 e. The van der Waals surface area contributed by atoms with Crippen molar-refractivity contribution in [3.63, 3.8) is 0 Å². The number of hydrogen-bond donors (Lipinski definition) is 1. The van der Waals surface area contributed by atoms with Crippen molar-refractivity contribution < 1.29 is 4.42 Å². The van der Waals surface area contributed by atoms with Crippen molar-refractivity contribution in [3.05, 3.63) is 73.6 Å². The molecule has 29 heavy (non-hydrogen) atoms. The van der Waals surface area contributed by atoms with Crippen LogP contribution in [0.5, 0.6) is 0 Å². The quantitative estimate of drug-likeness (QED) is 0.619. The predicted octanol–water partition coefficient (Wildman–Crippen LogP) is 5.19. The van der Waals surface area contributed by atoms with Crippen LogP contribution in [0.4, 0.5) is 0 Å². The Morgan fingerprint density at radius 1 is 1.17 bits per heavy atom. The van der Waals surface area contributed by atoms with E-state index in [1.54, 1.807) is 12.1 Å². The first-order valence-electron chi connectivity index (χ1n) is 9.60. The van der Waals surface area contributed by atoms with Crippen LogP contribution in [0.15, 0.2) is 39.5 Å². The molecule has 0 saturated carbocycles. The van der Waals surface area contributed by atoms with E-state index in [0.717, 1.165) is 47.1 Å². The van der Waals surface area contributed by atoms with Gasteiger partial charge in [-0.1, -0.05) is 44.0 Å². The first-order chi connectivity index (χ1) is 13.7. The van der Waals surface area contributed by atoms with Gasteiger partial charge >= 0.3 is 0 Å². The highest BCUT2D eigenvalue weighted by Gasteiger charge is 2.25. The Labute approximate surface area is 179 Å². The summed E-state index contributed by atoms with van der Waals surface area (Å²) < 4.78 is 6.00. The van der Waals surface area contributed by atoms with Crippen LogP contribution < -0.4 is 5.56 Å². The molecule has 0 atom stereocenters. The molecule has 4 rings (SSSR count). The highest BCUT2D eigenvalue weighted by molar-refractivity contribution is 6.42. The van der Waals surface area contributed by atoms with Gasteiger partial charge in [0, 0.05) is 30.5 Å². The topological polar surface area (TPSA) is 62.1 Å². The van der Waals surface area contributed by atoms with Gasteiger partial charge in [-0.2, -0.15) is 0 Å². The Hall–Kier alpha value is -2.08. The number of benzene rings is 1. The summed E-state index contributed by atoms with van der Waals surface area (Å²) in [5.74, 6) is 2.32. The molecule has 0 unspecified atom stereocenters. The molecule has 7 heteroatoms. The summed E-state index contributed by atoms with van der Waals surface area (Å²) in [6.07, 6.45) is 0.753. The largest absolute Gasteiger partial charge is 0.460 e. The molecule has 2 aromatic heterocycles. The summed E-state index contributed by atoms with van der Waals surface area (Å²) >= 11 is 12.1. The summed E-state index contributed by atoms with van der Waals surface area (Å²) in [7, 11) is 0. The van der Waals surface area contributed by atoms with Crippen LogP contribution >= 0.6 is 23.2 Å². The van der Waals surface area contributed by atoms with Gasteiger partial charge in [-0.25, -0.2) is 4.98 Å². The number of halogens is 2. The van der Waals surface area contributed by atoms with Crippen molar-refractivity contribution in [2.75, 3.05) is 6.54 Å². The molecule has 0 amide bonds. The number of nitrogens with one attached hydrogen (secondary N) is 1. The molecule has 3 aromatic rings. The number of nitrogens with zero attached hydrogens (tertiary/aromatic N) is 2. The van der Waals surface area contributed by atoms with Crippen molar-refractivity contribution in [1.82, 2.24) is 14.9 Å². The van der Waals surface area contributed by atoms with E-state index < -0.39 is 0 Å². The van der Waals surface area contributed by atoms with Crippen LogP contribution in [0.3, 0.4) is 0 Å². The molecule has 1 aromatic carbocycles. The Morgan fingerprint density at radius 3 is 2.69 bits per heavy atom. The average Bonchev–Trinajstić information content (AvgIpc) is 3.12. The van der Waals surface area contributed by atoms with Crippen molar-refractivity contribution >= 4 is 23.2 Å². The Morgan fingerprint density at radius 2 is 1.97 bits per heavy atom. The first kappa shape index (κ1) is 20.2. The number of hydrogen-bond acceptors (Lipinski definition) is 4. The first-order valence-corrected chi connectivity index (χ1v) is 10.4. The zero-order valence-electron chi connectivity index (χ0n) is 16.7. The van der Waals surface area contributed by atoms with Crippen LogP contribution in [0.2, 0.25) is 10.0 Å². The van der Waals surface area contributed by atoms with Gasteiger partial charge in [0.05, 0.1) is 27.8 Å². The van der Waals surface area contributed by atoms with E-state index in [0.29, 0.717) is 23.1 Å². The highest BCUT2D eigenvalue weighted by atomic mass is 35.5. The molecule has 1 aliphatic rings. The number of fused-ring (bicyclic) bond motifs is 1. The van der Waals surface area contributed by atoms with E-state index in [2.05, 4.69) is 30.7 Å². The second-order valence-corrected chi connectivity index (χ2v) is 9.26. The fourth-order valence-electron chi connectivity index (χ4n) is 3.46. The van der Waals surface area contributed by atoms with E-state index >= 15 is 0 Å². The maximum Gasteiger partial charge on any atom is 0.255 e. The lowest BCUT2D eigenvalue weighted by atomic mass is 9.95. The molecular weight excluding hydrogens is 409 g/mol. The Bertz CT molecular complexity index is 1110. The van der Waals surface area contributed by atoms with Crippen LogP contribution in [-0.4, -0.2) is 21.4 Å². The van der Waals surface area contributed by atoms with Crippen LogP contribution in [0.1, 0.15) is 43.6 Å². The fourth-order valence-corrected chi connectivity index (χ4v) is 3.76. The molecule has 0 radical (unpaired) electrons. The lowest BCUT2D eigenvalue weighted by molar-refractivity contribution is 0.222. The summed E-state index contributed by atoms with van der Waals surface area (Å²) in [6, 6.07) is 9.32. The lowest BCUT2D eigenvalue weighted by Crippen LogP contribution is -2.37. The van der Waals surface area contributed by atoms with Crippen LogP contribution in [0.25, 0.3) is 11.3 Å². The van der Waals surface area contributed by atoms with E-state index in [1.165, 1.54) is 0 Å². The third kappa shape index (κ3) is 4.27. The number of furan rings is 1. The lowest BCUT2D eigenvalue weighted by Gasteiger charge is -2.28. The normalized spacial score (nSPS) is 14.8. The summed E-state index contributed by atoms with van der Waals surface area (Å²) in [5, 5.41) is 1.01. The molecule has 3 heterocycles.